The lowest BCUT2D eigenvalue weighted by Crippen LogP contribution is -2.31. The Balaban J connectivity index is 2.20. The van der Waals surface area contributed by atoms with Gasteiger partial charge in [0.25, 0.3) is 0 Å². The van der Waals surface area contributed by atoms with Gasteiger partial charge in [0.05, 0.1) is 5.69 Å². The maximum atomic E-state index is 5.44. The Morgan fingerprint density at radius 1 is 1.29 bits per heavy atom. The molecule has 3 N–H and O–H groups in total. The van der Waals surface area contributed by atoms with Gasteiger partial charge in [0.1, 0.15) is 0 Å². The molecule has 4 heteroatoms. The lowest BCUT2D eigenvalue weighted by molar-refractivity contribution is 0.574. The number of piperidine rings is 1. The molecule has 76 valence electrons. The van der Waals surface area contributed by atoms with Gasteiger partial charge in [-0.15, -0.1) is 0 Å². The Hall–Kier alpha value is -1.29. The van der Waals surface area contributed by atoms with E-state index >= 15 is 0 Å². The van der Waals surface area contributed by atoms with Crippen LogP contribution in [0.15, 0.2) is 18.3 Å². The topological polar surface area (TPSA) is 54.2 Å². The lowest BCUT2D eigenvalue weighted by Gasteiger charge is -2.28. The molecule has 1 aromatic rings. The molecule has 14 heavy (non-hydrogen) atoms. The quantitative estimate of drug-likeness (QED) is 0.548. The summed E-state index contributed by atoms with van der Waals surface area (Å²) < 4.78 is 0. The summed E-state index contributed by atoms with van der Waals surface area (Å²) in [6, 6.07) is 3.85. The van der Waals surface area contributed by atoms with Crippen LogP contribution < -0.4 is 16.2 Å². The molecule has 0 aromatic carbocycles. The molecule has 0 radical (unpaired) electrons. The average molecular weight is 192 g/mol. The van der Waals surface area contributed by atoms with Crippen LogP contribution in [0, 0.1) is 0 Å². The first-order chi connectivity index (χ1) is 6.92. The molecule has 0 spiro atoms. The highest BCUT2D eigenvalue weighted by Crippen LogP contribution is 2.24. The van der Waals surface area contributed by atoms with Crippen molar-refractivity contribution in [3.05, 3.63) is 18.3 Å². The van der Waals surface area contributed by atoms with E-state index in [1.807, 2.05) is 18.3 Å². The molecule has 0 aliphatic carbocycles. The second-order valence-corrected chi connectivity index (χ2v) is 3.57. The zero-order valence-electron chi connectivity index (χ0n) is 8.24. The van der Waals surface area contributed by atoms with E-state index < -0.39 is 0 Å². The molecule has 0 bridgehead atoms. The highest BCUT2D eigenvalue weighted by molar-refractivity contribution is 5.64. The van der Waals surface area contributed by atoms with Gasteiger partial charge in [-0.2, -0.15) is 0 Å². The second-order valence-electron chi connectivity index (χ2n) is 3.57. The normalized spacial score (nSPS) is 16.8. The van der Waals surface area contributed by atoms with Crippen molar-refractivity contribution in [1.82, 2.24) is 4.98 Å². The zero-order valence-corrected chi connectivity index (χ0v) is 8.24. The Morgan fingerprint density at radius 3 is 2.79 bits per heavy atom. The fraction of sp³-hybridized carbons (Fsp3) is 0.500. The summed E-state index contributed by atoms with van der Waals surface area (Å²) in [5, 5.41) is 0. The van der Waals surface area contributed by atoms with Crippen LogP contribution in [0.25, 0.3) is 0 Å². The van der Waals surface area contributed by atoms with Crippen molar-refractivity contribution in [3.8, 4) is 0 Å². The molecule has 4 nitrogen and oxygen atoms in total. The summed E-state index contributed by atoms with van der Waals surface area (Å²) in [5.74, 6) is 6.42. The van der Waals surface area contributed by atoms with Crippen LogP contribution in [0.1, 0.15) is 19.3 Å². The lowest BCUT2D eigenvalue weighted by atomic mass is 10.1. The summed E-state index contributed by atoms with van der Waals surface area (Å²) in [7, 11) is 0. The van der Waals surface area contributed by atoms with Gasteiger partial charge in [-0.1, -0.05) is 0 Å². The summed E-state index contributed by atoms with van der Waals surface area (Å²) >= 11 is 0. The largest absolute Gasteiger partial charge is 0.355 e. The summed E-state index contributed by atoms with van der Waals surface area (Å²) in [6.07, 6.45) is 5.64. The smallest absolute Gasteiger partial charge is 0.153 e. The van der Waals surface area contributed by atoms with Crippen molar-refractivity contribution in [2.45, 2.75) is 19.3 Å². The Bertz CT molecular complexity index is 294. The number of nitrogen functional groups attached to an aromatic ring is 1. The predicted octanol–water partition coefficient (Wildman–Crippen LogP) is 1.36. The van der Waals surface area contributed by atoms with Crippen molar-refractivity contribution < 1.29 is 0 Å². The monoisotopic (exact) mass is 192 g/mol. The minimum atomic E-state index is 0.911. The number of nitrogens with one attached hydrogen (secondary N) is 1. The van der Waals surface area contributed by atoms with Gasteiger partial charge >= 0.3 is 0 Å². The van der Waals surface area contributed by atoms with Crippen LogP contribution in [-0.2, 0) is 0 Å². The van der Waals surface area contributed by atoms with Gasteiger partial charge in [0.2, 0.25) is 0 Å². The number of pyridine rings is 1. The second kappa shape index (κ2) is 4.28. The van der Waals surface area contributed by atoms with Gasteiger partial charge < -0.3 is 10.3 Å². The third-order valence-electron chi connectivity index (χ3n) is 2.60. The van der Waals surface area contributed by atoms with Gasteiger partial charge in [-0.25, -0.2) is 4.98 Å². The summed E-state index contributed by atoms with van der Waals surface area (Å²) in [5.41, 5.74) is 3.60. The number of nitrogens with zero attached hydrogens (tertiary/aromatic N) is 2. The van der Waals surface area contributed by atoms with E-state index in [2.05, 4.69) is 15.3 Å². The van der Waals surface area contributed by atoms with E-state index in [0.717, 1.165) is 24.6 Å². The average Bonchev–Trinajstić information content (AvgIpc) is 2.30. The fourth-order valence-corrected chi connectivity index (χ4v) is 1.87. The molecule has 0 atom stereocenters. The molecule has 1 aromatic heterocycles. The number of hydrogen-bond donors (Lipinski definition) is 2. The van der Waals surface area contributed by atoms with Crippen molar-refractivity contribution >= 4 is 11.5 Å². The minimum Gasteiger partial charge on any atom is -0.355 e. The SMILES string of the molecule is NNc1cccnc1N1CCCCC1. The van der Waals surface area contributed by atoms with Gasteiger partial charge in [-0.3, -0.25) is 5.84 Å². The molecule has 1 aliphatic heterocycles. The zero-order chi connectivity index (χ0) is 9.80. The fourth-order valence-electron chi connectivity index (χ4n) is 1.87. The highest BCUT2D eigenvalue weighted by Gasteiger charge is 2.14. The van der Waals surface area contributed by atoms with E-state index in [4.69, 9.17) is 5.84 Å². The third kappa shape index (κ3) is 1.80. The van der Waals surface area contributed by atoms with Crippen LogP contribution in [-0.4, -0.2) is 18.1 Å². The Morgan fingerprint density at radius 2 is 2.07 bits per heavy atom. The number of aromatic nitrogens is 1. The first-order valence-corrected chi connectivity index (χ1v) is 5.08. The van der Waals surface area contributed by atoms with E-state index in [1.165, 1.54) is 19.3 Å². The first kappa shape index (κ1) is 9.27. The molecule has 2 heterocycles. The summed E-state index contributed by atoms with van der Waals surface area (Å²) in [6.45, 7) is 2.18. The molecular weight excluding hydrogens is 176 g/mol. The van der Waals surface area contributed by atoms with Crippen molar-refractivity contribution in [1.29, 1.82) is 0 Å². The molecule has 0 amide bonds. The maximum absolute atomic E-state index is 5.44. The van der Waals surface area contributed by atoms with E-state index in [9.17, 15) is 0 Å². The summed E-state index contributed by atoms with van der Waals surface area (Å²) in [4.78, 5) is 6.65. The maximum Gasteiger partial charge on any atom is 0.153 e. The van der Waals surface area contributed by atoms with Crippen LogP contribution in [0.4, 0.5) is 11.5 Å². The predicted molar refractivity (Wildman–Crippen MR) is 58.1 cm³/mol. The molecule has 0 saturated carbocycles. The molecule has 1 fully saturated rings. The molecule has 1 aliphatic rings. The van der Waals surface area contributed by atoms with Crippen molar-refractivity contribution in [3.63, 3.8) is 0 Å². The Kier molecular flexibility index (Phi) is 2.84. The van der Waals surface area contributed by atoms with Gasteiger partial charge in [0, 0.05) is 19.3 Å². The molecule has 0 unspecified atom stereocenters. The standard InChI is InChI=1S/C10H16N4/c11-13-9-5-4-6-12-10(9)14-7-2-1-3-8-14/h4-6,13H,1-3,7-8,11H2. The number of nitrogens with two attached hydrogens (primary N) is 1. The van der Waals surface area contributed by atoms with Crippen LogP contribution in [0.5, 0.6) is 0 Å². The number of hydrazine groups is 1. The van der Waals surface area contributed by atoms with Gasteiger partial charge in [0.15, 0.2) is 5.82 Å². The van der Waals surface area contributed by atoms with E-state index in [1.54, 1.807) is 0 Å². The van der Waals surface area contributed by atoms with E-state index in [0.29, 0.717) is 0 Å². The highest BCUT2D eigenvalue weighted by atomic mass is 15.3. The minimum absolute atomic E-state index is 0.911. The first-order valence-electron chi connectivity index (χ1n) is 5.08. The molecular formula is C10H16N4. The number of anilines is 2. The number of rotatable bonds is 2. The third-order valence-corrected chi connectivity index (χ3v) is 2.60. The van der Waals surface area contributed by atoms with Crippen molar-refractivity contribution in [2.75, 3.05) is 23.4 Å². The van der Waals surface area contributed by atoms with Crippen molar-refractivity contribution in [2.24, 2.45) is 5.84 Å². The Labute approximate surface area is 84.1 Å². The molecule has 2 rings (SSSR count). The number of hydrogen-bond acceptors (Lipinski definition) is 4. The van der Waals surface area contributed by atoms with Crippen LogP contribution in [0.2, 0.25) is 0 Å². The van der Waals surface area contributed by atoms with Crippen LogP contribution >= 0.6 is 0 Å². The van der Waals surface area contributed by atoms with E-state index in [-0.39, 0.29) is 0 Å². The molecule has 1 saturated heterocycles. The van der Waals surface area contributed by atoms with Crippen LogP contribution in [0.3, 0.4) is 0 Å². The van der Waals surface area contributed by atoms with Gasteiger partial charge in [-0.05, 0) is 31.4 Å².